The van der Waals surface area contributed by atoms with Gasteiger partial charge in [0.2, 0.25) is 0 Å². The maximum atomic E-state index is 13.0. The minimum atomic E-state index is -0.0735. The fourth-order valence-corrected chi connectivity index (χ4v) is 4.52. The first-order valence-corrected chi connectivity index (χ1v) is 9.36. The molecule has 8 nitrogen and oxygen atoms in total. The molecule has 1 aromatic rings. The Bertz CT molecular complexity index is 613. The minimum absolute atomic E-state index is 0.0322. The number of amides is 1. The summed E-state index contributed by atoms with van der Waals surface area (Å²) in [5.41, 5.74) is 6.37. The molecule has 138 valence electrons. The van der Waals surface area contributed by atoms with E-state index in [-0.39, 0.29) is 42.7 Å². The van der Waals surface area contributed by atoms with Crippen molar-refractivity contribution < 1.29 is 14.6 Å². The molecule has 2 heterocycles. The standard InChI is InChI=1S/C17H27N5O3/c18-12-1-3-13(4-2-12)22-9-14(19-20-22)17(24)21-5-6-25-16-8-11(10-23)7-15(16)21/h9,11-13,15-16,23H,1-8,10,18H2/t11-,12?,13?,15+,16+/m1/s1. The fourth-order valence-electron chi connectivity index (χ4n) is 4.52. The molecule has 3 aliphatic rings. The molecule has 0 radical (unpaired) electrons. The Balaban J connectivity index is 1.46. The molecule has 8 heteroatoms. The molecule has 3 atom stereocenters. The van der Waals surface area contributed by atoms with Gasteiger partial charge in [0.25, 0.3) is 5.91 Å². The van der Waals surface area contributed by atoms with Gasteiger partial charge in [-0.1, -0.05) is 5.21 Å². The second-order valence-corrected chi connectivity index (χ2v) is 7.65. The van der Waals surface area contributed by atoms with Crippen molar-refractivity contribution in [1.29, 1.82) is 0 Å². The molecule has 25 heavy (non-hydrogen) atoms. The molecule has 1 saturated heterocycles. The van der Waals surface area contributed by atoms with E-state index in [1.165, 1.54) is 0 Å². The van der Waals surface area contributed by atoms with Crippen molar-refractivity contribution in [3.63, 3.8) is 0 Å². The number of morpholine rings is 1. The largest absolute Gasteiger partial charge is 0.396 e. The van der Waals surface area contributed by atoms with Crippen LogP contribution in [0.1, 0.15) is 55.1 Å². The molecular formula is C17H27N5O3. The Labute approximate surface area is 147 Å². The van der Waals surface area contributed by atoms with Crippen LogP contribution in [0.25, 0.3) is 0 Å². The van der Waals surface area contributed by atoms with Gasteiger partial charge in [-0.15, -0.1) is 5.10 Å². The zero-order valence-electron chi connectivity index (χ0n) is 14.5. The molecule has 1 aromatic heterocycles. The molecule has 3 fully saturated rings. The molecule has 0 bridgehead atoms. The number of aromatic nitrogens is 3. The summed E-state index contributed by atoms with van der Waals surface area (Å²) in [6.07, 6.45) is 7.38. The second kappa shape index (κ2) is 7.01. The Morgan fingerprint density at radius 3 is 2.88 bits per heavy atom. The molecule has 3 N–H and O–H groups in total. The third-order valence-electron chi connectivity index (χ3n) is 6.00. The summed E-state index contributed by atoms with van der Waals surface area (Å²) in [4.78, 5) is 14.8. The molecule has 0 unspecified atom stereocenters. The quantitative estimate of drug-likeness (QED) is 0.815. The van der Waals surface area contributed by atoms with E-state index in [2.05, 4.69) is 10.3 Å². The van der Waals surface area contributed by atoms with Gasteiger partial charge >= 0.3 is 0 Å². The molecular weight excluding hydrogens is 322 g/mol. The van der Waals surface area contributed by atoms with Crippen LogP contribution in [0.15, 0.2) is 6.20 Å². The van der Waals surface area contributed by atoms with Crippen molar-refractivity contribution in [3.05, 3.63) is 11.9 Å². The van der Waals surface area contributed by atoms with Gasteiger partial charge in [-0.05, 0) is 44.4 Å². The SMILES string of the molecule is NC1CCC(n2cc(C(=O)N3CCO[C@H]4C[C@H](CO)C[C@@H]43)nn2)CC1. The highest BCUT2D eigenvalue weighted by Crippen LogP contribution is 2.34. The summed E-state index contributed by atoms with van der Waals surface area (Å²) in [6.45, 7) is 1.27. The summed E-state index contributed by atoms with van der Waals surface area (Å²) in [5.74, 6) is 0.140. The van der Waals surface area contributed by atoms with Crippen LogP contribution in [0.2, 0.25) is 0 Å². The molecule has 0 aromatic carbocycles. The van der Waals surface area contributed by atoms with Crippen molar-refractivity contribution in [2.75, 3.05) is 19.8 Å². The van der Waals surface area contributed by atoms with Crippen molar-refractivity contribution in [1.82, 2.24) is 19.9 Å². The number of aliphatic hydroxyl groups excluding tert-OH is 1. The Morgan fingerprint density at radius 1 is 1.32 bits per heavy atom. The number of ether oxygens (including phenoxy) is 1. The van der Waals surface area contributed by atoms with Crippen LogP contribution in [-0.4, -0.2) is 68.9 Å². The lowest BCUT2D eigenvalue weighted by molar-refractivity contribution is -0.0450. The number of carbonyl (C=O) groups excluding carboxylic acids is 1. The van der Waals surface area contributed by atoms with Gasteiger partial charge in [-0.3, -0.25) is 4.79 Å². The number of carbonyl (C=O) groups is 1. The average molecular weight is 349 g/mol. The van der Waals surface area contributed by atoms with Crippen molar-refractivity contribution in [2.24, 2.45) is 11.7 Å². The third kappa shape index (κ3) is 3.30. The first kappa shape index (κ1) is 16.9. The number of aliphatic hydroxyl groups is 1. The number of hydrogen-bond donors (Lipinski definition) is 2. The molecule has 2 aliphatic carbocycles. The normalized spacial score (nSPS) is 35.6. The van der Waals surface area contributed by atoms with Gasteiger partial charge in [-0.25, -0.2) is 4.68 Å². The highest BCUT2D eigenvalue weighted by molar-refractivity contribution is 5.92. The second-order valence-electron chi connectivity index (χ2n) is 7.65. The van der Waals surface area contributed by atoms with Gasteiger partial charge in [0.05, 0.1) is 31.0 Å². The Hall–Kier alpha value is -1.51. The lowest BCUT2D eigenvalue weighted by atomic mass is 9.92. The first-order chi connectivity index (χ1) is 12.2. The minimum Gasteiger partial charge on any atom is -0.396 e. The molecule has 4 rings (SSSR count). The van der Waals surface area contributed by atoms with Crippen LogP contribution >= 0.6 is 0 Å². The maximum absolute atomic E-state index is 13.0. The average Bonchev–Trinajstić information content (AvgIpc) is 3.28. The van der Waals surface area contributed by atoms with Crippen LogP contribution in [0.4, 0.5) is 0 Å². The molecule has 1 aliphatic heterocycles. The van der Waals surface area contributed by atoms with E-state index in [1.807, 2.05) is 9.58 Å². The molecule has 1 amide bonds. The van der Waals surface area contributed by atoms with E-state index >= 15 is 0 Å². The van der Waals surface area contributed by atoms with Crippen LogP contribution in [0.5, 0.6) is 0 Å². The van der Waals surface area contributed by atoms with Crippen molar-refractivity contribution in [3.8, 4) is 0 Å². The zero-order valence-corrected chi connectivity index (χ0v) is 14.5. The lowest BCUT2D eigenvalue weighted by Gasteiger charge is -2.37. The summed E-state index contributed by atoms with van der Waals surface area (Å²) >= 11 is 0. The van der Waals surface area contributed by atoms with Crippen LogP contribution in [0.3, 0.4) is 0 Å². The van der Waals surface area contributed by atoms with E-state index < -0.39 is 0 Å². The van der Waals surface area contributed by atoms with Crippen molar-refractivity contribution >= 4 is 5.91 Å². The third-order valence-corrected chi connectivity index (χ3v) is 6.00. The van der Waals surface area contributed by atoms with E-state index in [4.69, 9.17) is 10.5 Å². The maximum Gasteiger partial charge on any atom is 0.276 e. The monoisotopic (exact) mass is 349 g/mol. The molecule has 2 saturated carbocycles. The summed E-state index contributed by atoms with van der Waals surface area (Å²) in [5, 5.41) is 17.8. The Kier molecular flexibility index (Phi) is 4.75. The Morgan fingerprint density at radius 2 is 2.12 bits per heavy atom. The number of rotatable bonds is 3. The summed E-state index contributed by atoms with van der Waals surface area (Å²) < 4.78 is 7.64. The lowest BCUT2D eigenvalue weighted by Crippen LogP contribution is -2.51. The highest BCUT2D eigenvalue weighted by Gasteiger charge is 2.43. The first-order valence-electron chi connectivity index (χ1n) is 9.36. The predicted molar refractivity (Wildman–Crippen MR) is 89.9 cm³/mol. The topological polar surface area (TPSA) is 106 Å². The molecule has 0 spiro atoms. The predicted octanol–water partition coefficient (Wildman–Crippen LogP) is 0.332. The van der Waals surface area contributed by atoms with E-state index in [9.17, 15) is 9.90 Å². The van der Waals surface area contributed by atoms with Gasteiger partial charge in [-0.2, -0.15) is 0 Å². The van der Waals surface area contributed by atoms with E-state index in [1.54, 1.807) is 6.20 Å². The van der Waals surface area contributed by atoms with Gasteiger partial charge in [0.1, 0.15) is 0 Å². The number of hydrogen-bond acceptors (Lipinski definition) is 6. The van der Waals surface area contributed by atoms with Gasteiger partial charge in [0, 0.05) is 19.2 Å². The highest BCUT2D eigenvalue weighted by atomic mass is 16.5. The number of nitrogens with zero attached hydrogens (tertiary/aromatic N) is 4. The zero-order chi connectivity index (χ0) is 17.4. The number of nitrogens with two attached hydrogens (primary N) is 1. The smallest absolute Gasteiger partial charge is 0.276 e. The van der Waals surface area contributed by atoms with Crippen molar-refractivity contribution in [2.45, 2.75) is 62.8 Å². The van der Waals surface area contributed by atoms with Crippen LogP contribution < -0.4 is 5.73 Å². The van der Waals surface area contributed by atoms with E-state index in [0.29, 0.717) is 18.8 Å². The summed E-state index contributed by atoms with van der Waals surface area (Å²) in [6, 6.07) is 0.612. The summed E-state index contributed by atoms with van der Waals surface area (Å²) in [7, 11) is 0. The van der Waals surface area contributed by atoms with E-state index in [0.717, 1.165) is 38.5 Å². The fraction of sp³-hybridized carbons (Fsp3) is 0.824. The van der Waals surface area contributed by atoms with Gasteiger partial charge < -0.3 is 20.5 Å². The van der Waals surface area contributed by atoms with Gasteiger partial charge in [0.15, 0.2) is 5.69 Å². The van der Waals surface area contributed by atoms with Crippen LogP contribution in [0, 0.1) is 5.92 Å². The number of fused-ring (bicyclic) bond motifs is 1. The van der Waals surface area contributed by atoms with Crippen LogP contribution in [-0.2, 0) is 4.74 Å².